The molecule has 2 aromatic carbocycles. The third-order valence-corrected chi connectivity index (χ3v) is 6.13. The lowest BCUT2D eigenvalue weighted by Crippen LogP contribution is -2.50. The normalized spacial score (nSPS) is 28.1. The molecule has 144 valence electrons. The zero-order valence-electron chi connectivity index (χ0n) is 15.6. The first kappa shape index (κ1) is 18.3. The topological polar surface area (TPSA) is 72.5 Å². The van der Waals surface area contributed by atoms with Gasteiger partial charge in [-0.05, 0) is 48.6 Å². The van der Waals surface area contributed by atoms with Crippen LogP contribution >= 0.6 is 0 Å². The quantitative estimate of drug-likeness (QED) is 0.653. The van der Waals surface area contributed by atoms with Gasteiger partial charge in [-0.2, -0.15) is 0 Å². The van der Waals surface area contributed by atoms with Gasteiger partial charge in [0.2, 0.25) is 5.91 Å². The molecule has 1 aliphatic heterocycles. The van der Waals surface area contributed by atoms with Crippen molar-refractivity contribution in [2.75, 3.05) is 12.4 Å². The van der Waals surface area contributed by atoms with E-state index in [4.69, 9.17) is 4.74 Å². The number of ketones is 1. The molecule has 4 atom stereocenters. The number of carbonyl (C=O) groups is 3. The summed E-state index contributed by atoms with van der Waals surface area (Å²) in [4.78, 5) is 38.9. The molecule has 1 heterocycles. The Kier molecular flexibility index (Phi) is 4.29. The minimum Gasteiger partial charge on any atom is -0.468 e. The van der Waals surface area contributed by atoms with Crippen molar-refractivity contribution in [2.24, 2.45) is 11.3 Å². The number of amides is 1. The van der Waals surface area contributed by atoms with Crippen molar-refractivity contribution >= 4 is 23.3 Å². The summed E-state index contributed by atoms with van der Waals surface area (Å²) in [7, 11) is 1.25. The summed E-state index contributed by atoms with van der Waals surface area (Å²) in [5.74, 6) is -3.26. The van der Waals surface area contributed by atoms with Crippen LogP contribution in [0.25, 0.3) is 0 Å². The zero-order valence-corrected chi connectivity index (χ0v) is 15.6. The van der Waals surface area contributed by atoms with E-state index in [1.165, 1.54) is 26.2 Å². The molecule has 1 amide bonds. The van der Waals surface area contributed by atoms with E-state index in [1.54, 1.807) is 24.3 Å². The van der Waals surface area contributed by atoms with E-state index in [0.29, 0.717) is 5.69 Å². The summed E-state index contributed by atoms with van der Waals surface area (Å²) >= 11 is 0. The number of hydrogen-bond acceptors (Lipinski definition) is 4. The zero-order chi connectivity index (χ0) is 20.1. The molecular weight excluding hydrogens is 361 g/mol. The molecule has 1 aliphatic carbocycles. The lowest BCUT2D eigenvalue weighted by molar-refractivity contribution is -0.158. The minimum absolute atomic E-state index is 0.116. The number of esters is 1. The van der Waals surface area contributed by atoms with Gasteiger partial charge in [0.05, 0.1) is 7.11 Å². The van der Waals surface area contributed by atoms with E-state index >= 15 is 0 Å². The van der Waals surface area contributed by atoms with Crippen molar-refractivity contribution in [1.82, 2.24) is 0 Å². The monoisotopic (exact) mass is 381 g/mol. The Labute approximate surface area is 161 Å². The van der Waals surface area contributed by atoms with Crippen LogP contribution in [0.2, 0.25) is 0 Å². The summed E-state index contributed by atoms with van der Waals surface area (Å²) in [6.07, 6.45) is 0.125. The predicted octanol–water partition coefficient (Wildman–Crippen LogP) is 3.41. The molecule has 0 saturated heterocycles. The molecule has 0 spiro atoms. The maximum atomic E-state index is 13.4. The van der Waals surface area contributed by atoms with Gasteiger partial charge in [-0.1, -0.05) is 30.3 Å². The molecule has 0 bridgehead atoms. The van der Waals surface area contributed by atoms with Gasteiger partial charge in [0.25, 0.3) is 0 Å². The van der Waals surface area contributed by atoms with Crippen LogP contribution < -0.4 is 5.32 Å². The van der Waals surface area contributed by atoms with Gasteiger partial charge >= 0.3 is 5.97 Å². The van der Waals surface area contributed by atoms with Crippen LogP contribution in [0.5, 0.6) is 0 Å². The Bertz CT molecular complexity index is 971. The third kappa shape index (κ3) is 2.47. The molecular formula is C22H20FNO4. The summed E-state index contributed by atoms with van der Waals surface area (Å²) in [5, 5.41) is 2.82. The van der Waals surface area contributed by atoms with Crippen molar-refractivity contribution in [3.8, 4) is 0 Å². The number of fused-ring (bicyclic) bond motifs is 3. The van der Waals surface area contributed by atoms with Crippen LogP contribution in [-0.4, -0.2) is 24.8 Å². The maximum absolute atomic E-state index is 13.4. The first-order chi connectivity index (χ1) is 13.4. The van der Waals surface area contributed by atoms with Gasteiger partial charge in [-0.3, -0.25) is 14.4 Å². The number of ether oxygens (including phenoxy) is 1. The lowest BCUT2D eigenvalue weighted by atomic mass is 9.67. The van der Waals surface area contributed by atoms with Gasteiger partial charge in [0.15, 0.2) is 5.41 Å². The van der Waals surface area contributed by atoms with E-state index in [9.17, 15) is 18.8 Å². The predicted molar refractivity (Wildman–Crippen MR) is 100 cm³/mol. The molecule has 1 N–H and O–H groups in total. The standard InChI is InChI=1S/C22H20FNO4/c1-12(25)18-16(13-7-9-14(23)10-8-13)11-22(21(27)28-2)19(18)15-5-3-4-6-17(15)24-20(22)26/h3-10,16,18-19H,11H2,1-2H3,(H,24,26)/t16-,18+,19-,22-/m1/s1. The fourth-order valence-corrected chi connectivity index (χ4v) is 4.99. The molecule has 1 saturated carbocycles. The van der Waals surface area contributed by atoms with Crippen molar-refractivity contribution < 1.29 is 23.5 Å². The number of carbonyl (C=O) groups excluding carboxylic acids is 3. The average molecular weight is 381 g/mol. The summed E-state index contributed by atoms with van der Waals surface area (Å²) < 4.78 is 18.5. The summed E-state index contributed by atoms with van der Waals surface area (Å²) in [5.41, 5.74) is 0.572. The largest absolute Gasteiger partial charge is 0.468 e. The molecule has 5 nitrogen and oxygen atoms in total. The fourth-order valence-electron chi connectivity index (χ4n) is 4.99. The van der Waals surface area contributed by atoms with Crippen LogP contribution in [0.15, 0.2) is 48.5 Å². The van der Waals surface area contributed by atoms with Crippen LogP contribution in [-0.2, 0) is 19.1 Å². The molecule has 0 radical (unpaired) electrons. The molecule has 1 fully saturated rings. The molecule has 28 heavy (non-hydrogen) atoms. The number of halogens is 1. The van der Waals surface area contributed by atoms with Crippen molar-refractivity contribution in [3.63, 3.8) is 0 Å². The second kappa shape index (κ2) is 6.55. The number of rotatable bonds is 3. The highest BCUT2D eigenvalue weighted by Crippen LogP contribution is 2.62. The van der Waals surface area contributed by atoms with Crippen LogP contribution in [0.4, 0.5) is 10.1 Å². The van der Waals surface area contributed by atoms with Crippen molar-refractivity contribution in [3.05, 3.63) is 65.5 Å². The number of para-hydroxylation sites is 1. The maximum Gasteiger partial charge on any atom is 0.322 e. The van der Waals surface area contributed by atoms with Crippen LogP contribution in [0.3, 0.4) is 0 Å². The number of benzene rings is 2. The molecule has 2 aliphatic rings. The fraction of sp³-hybridized carbons (Fsp3) is 0.318. The van der Waals surface area contributed by atoms with E-state index in [2.05, 4.69) is 5.32 Å². The molecule has 4 rings (SSSR count). The Balaban J connectivity index is 1.95. The highest BCUT2D eigenvalue weighted by Gasteiger charge is 2.66. The van der Waals surface area contributed by atoms with Gasteiger partial charge in [0, 0.05) is 17.5 Å². The SMILES string of the molecule is COC(=O)[C@]12C[C@H](c3ccc(F)cc3)[C@H](C(C)=O)[C@H]1c1ccccc1NC2=O. The van der Waals surface area contributed by atoms with Gasteiger partial charge in [-0.15, -0.1) is 0 Å². The second-order valence-electron chi connectivity index (χ2n) is 7.48. The highest BCUT2D eigenvalue weighted by molar-refractivity contribution is 6.13. The van der Waals surface area contributed by atoms with Crippen molar-refractivity contribution in [1.29, 1.82) is 0 Å². The number of nitrogens with one attached hydrogen (secondary N) is 1. The van der Waals surface area contributed by atoms with E-state index in [0.717, 1.165) is 11.1 Å². The van der Waals surface area contributed by atoms with Crippen LogP contribution in [0.1, 0.15) is 36.3 Å². The summed E-state index contributed by atoms with van der Waals surface area (Å²) in [6, 6.07) is 13.1. The molecule has 0 aromatic heterocycles. The van der Waals surface area contributed by atoms with Gasteiger partial charge in [0.1, 0.15) is 11.6 Å². The highest BCUT2D eigenvalue weighted by atomic mass is 19.1. The average Bonchev–Trinajstić information content (AvgIpc) is 3.06. The number of Topliss-reactive ketones (excluding diaryl/α,β-unsaturated/α-hetero) is 1. The third-order valence-electron chi connectivity index (χ3n) is 6.13. The first-order valence-corrected chi connectivity index (χ1v) is 9.15. The van der Waals surface area contributed by atoms with E-state index < -0.39 is 35.0 Å². The second-order valence-corrected chi connectivity index (χ2v) is 7.48. The minimum atomic E-state index is -1.50. The molecule has 2 aromatic rings. The Morgan fingerprint density at radius 3 is 2.46 bits per heavy atom. The van der Waals surface area contributed by atoms with Crippen molar-refractivity contribution in [2.45, 2.75) is 25.2 Å². The summed E-state index contributed by atoms with van der Waals surface area (Å²) in [6.45, 7) is 1.48. The Morgan fingerprint density at radius 2 is 1.82 bits per heavy atom. The Hall–Kier alpha value is -3.02. The number of hydrogen-bond donors (Lipinski definition) is 1. The van der Waals surface area contributed by atoms with Gasteiger partial charge in [-0.25, -0.2) is 4.39 Å². The number of methoxy groups -OCH3 is 1. The van der Waals surface area contributed by atoms with Gasteiger partial charge < -0.3 is 10.1 Å². The lowest BCUT2D eigenvalue weighted by Gasteiger charge is -2.38. The Morgan fingerprint density at radius 1 is 1.14 bits per heavy atom. The van der Waals surface area contributed by atoms with Crippen LogP contribution in [0, 0.1) is 17.2 Å². The van der Waals surface area contributed by atoms with E-state index in [-0.39, 0.29) is 18.0 Å². The van der Waals surface area contributed by atoms with E-state index in [1.807, 2.05) is 12.1 Å². The molecule has 6 heteroatoms. The first-order valence-electron chi connectivity index (χ1n) is 9.15. The smallest absolute Gasteiger partial charge is 0.322 e. The number of anilines is 1. The molecule has 0 unspecified atom stereocenters.